The number of anilines is 4. The van der Waals surface area contributed by atoms with Gasteiger partial charge in [-0.2, -0.15) is 0 Å². The van der Waals surface area contributed by atoms with Crippen LogP contribution >= 0.6 is 0 Å². The van der Waals surface area contributed by atoms with Crippen molar-refractivity contribution >= 4 is 22.7 Å². The lowest BCUT2D eigenvalue weighted by Gasteiger charge is -2.19. The summed E-state index contributed by atoms with van der Waals surface area (Å²) >= 11 is 0. The second-order valence-corrected chi connectivity index (χ2v) is 5.80. The average Bonchev–Trinajstić information content (AvgIpc) is 2.33. The number of nitrogens with two attached hydrogens (primary N) is 2. The standard InChI is InChI=1S/C16H21N3/c1-16(2,3)11-4-6-12(7-5-11)19-13-8-9-14(17)15(18)10-13/h4-10,19H,17-18H2,1-3H3. The van der Waals surface area contributed by atoms with Crippen LogP contribution in [0.4, 0.5) is 22.7 Å². The first-order valence-corrected chi connectivity index (χ1v) is 6.39. The Labute approximate surface area is 114 Å². The molecule has 0 heterocycles. The third kappa shape index (κ3) is 3.19. The number of rotatable bonds is 2. The molecular weight excluding hydrogens is 234 g/mol. The average molecular weight is 255 g/mol. The molecule has 0 saturated heterocycles. The van der Waals surface area contributed by atoms with E-state index in [1.165, 1.54) is 5.56 Å². The van der Waals surface area contributed by atoms with Gasteiger partial charge in [-0.1, -0.05) is 32.9 Å². The fourth-order valence-corrected chi connectivity index (χ4v) is 1.87. The maximum Gasteiger partial charge on any atom is 0.0568 e. The monoisotopic (exact) mass is 255 g/mol. The number of hydrogen-bond acceptors (Lipinski definition) is 3. The molecule has 0 aromatic heterocycles. The first kappa shape index (κ1) is 13.3. The van der Waals surface area contributed by atoms with Crippen molar-refractivity contribution in [3.05, 3.63) is 48.0 Å². The molecular formula is C16H21N3. The first-order chi connectivity index (χ1) is 8.86. The van der Waals surface area contributed by atoms with Gasteiger partial charge in [0, 0.05) is 11.4 Å². The first-order valence-electron chi connectivity index (χ1n) is 6.39. The quantitative estimate of drug-likeness (QED) is 0.713. The van der Waals surface area contributed by atoms with Crippen molar-refractivity contribution in [1.82, 2.24) is 0 Å². The summed E-state index contributed by atoms with van der Waals surface area (Å²) in [5.41, 5.74) is 16.2. The number of nitrogen functional groups attached to an aromatic ring is 2. The van der Waals surface area contributed by atoms with Gasteiger partial charge in [0.15, 0.2) is 0 Å². The van der Waals surface area contributed by atoms with Gasteiger partial charge >= 0.3 is 0 Å². The molecule has 100 valence electrons. The normalized spacial score (nSPS) is 11.3. The Bertz CT molecular complexity index is 566. The van der Waals surface area contributed by atoms with Crippen LogP contribution in [0.3, 0.4) is 0 Å². The number of benzene rings is 2. The van der Waals surface area contributed by atoms with Gasteiger partial charge in [-0.25, -0.2) is 0 Å². The number of hydrogen-bond donors (Lipinski definition) is 3. The van der Waals surface area contributed by atoms with Gasteiger partial charge in [-0.15, -0.1) is 0 Å². The molecule has 0 bridgehead atoms. The van der Waals surface area contributed by atoms with Crippen LogP contribution in [-0.4, -0.2) is 0 Å². The van der Waals surface area contributed by atoms with Crippen LogP contribution in [0.1, 0.15) is 26.3 Å². The van der Waals surface area contributed by atoms with Crippen molar-refractivity contribution in [1.29, 1.82) is 0 Å². The zero-order valence-electron chi connectivity index (χ0n) is 11.7. The third-order valence-electron chi connectivity index (χ3n) is 3.13. The molecule has 2 rings (SSSR count). The Morgan fingerprint density at radius 3 is 1.89 bits per heavy atom. The van der Waals surface area contributed by atoms with Crippen molar-refractivity contribution in [3.8, 4) is 0 Å². The van der Waals surface area contributed by atoms with Crippen LogP contribution in [-0.2, 0) is 5.41 Å². The molecule has 0 aliphatic carbocycles. The van der Waals surface area contributed by atoms with E-state index in [9.17, 15) is 0 Å². The predicted octanol–water partition coefficient (Wildman–Crippen LogP) is 3.89. The number of nitrogens with one attached hydrogen (secondary N) is 1. The highest BCUT2D eigenvalue weighted by Crippen LogP contribution is 2.26. The maximum absolute atomic E-state index is 5.79. The van der Waals surface area contributed by atoms with Gasteiger partial charge in [0.2, 0.25) is 0 Å². The zero-order chi connectivity index (χ0) is 14.0. The molecule has 0 radical (unpaired) electrons. The van der Waals surface area contributed by atoms with Crippen molar-refractivity contribution in [2.75, 3.05) is 16.8 Å². The summed E-state index contributed by atoms with van der Waals surface area (Å²) in [5.74, 6) is 0. The Morgan fingerprint density at radius 2 is 1.37 bits per heavy atom. The molecule has 0 saturated carbocycles. The minimum atomic E-state index is 0.171. The van der Waals surface area contributed by atoms with E-state index in [0.29, 0.717) is 11.4 Å². The summed E-state index contributed by atoms with van der Waals surface area (Å²) in [4.78, 5) is 0. The second-order valence-electron chi connectivity index (χ2n) is 5.80. The maximum atomic E-state index is 5.79. The van der Waals surface area contributed by atoms with Crippen molar-refractivity contribution in [3.63, 3.8) is 0 Å². The molecule has 0 aliphatic rings. The summed E-state index contributed by atoms with van der Waals surface area (Å²) < 4.78 is 0. The highest BCUT2D eigenvalue weighted by molar-refractivity contribution is 5.72. The van der Waals surface area contributed by atoms with Gasteiger partial charge in [0.1, 0.15) is 0 Å². The van der Waals surface area contributed by atoms with E-state index in [1.807, 2.05) is 12.1 Å². The lowest BCUT2D eigenvalue weighted by molar-refractivity contribution is 0.590. The summed E-state index contributed by atoms with van der Waals surface area (Å²) in [7, 11) is 0. The van der Waals surface area contributed by atoms with Gasteiger partial charge in [0.25, 0.3) is 0 Å². The smallest absolute Gasteiger partial charge is 0.0568 e. The van der Waals surface area contributed by atoms with E-state index in [0.717, 1.165) is 11.4 Å². The van der Waals surface area contributed by atoms with Crippen LogP contribution in [0, 0.1) is 0 Å². The van der Waals surface area contributed by atoms with E-state index < -0.39 is 0 Å². The Hall–Kier alpha value is -2.16. The van der Waals surface area contributed by atoms with Crippen LogP contribution in [0.25, 0.3) is 0 Å². The molecule has 19 heavy (non-hydrogen) atoms. The Morgan fingerprint density at radius 1 is 0.789 bits per heavy atom. The molecule has 0 atom stereocenters. The fraction of sp³-hybridized carbons (Fsp3) is 0.250. The highest BCUT2D eigenvalue weighted by atomic mass is 14.9. The topological polar surface area (TPSA) is 64.1 Å². The Kier molecular flexibility index (Phi) is 3.38. The van der Waals surface area contributed by atoms with Crippen molar-refractivity contribution in [2.24, 2.45) is 0 Å². The van der Waals surface area contributed by atoms with Gasteiger partial charge in [-0.3, -0.25) is 0 Å². The van der Waals surface area contributed by atoms with Gasteiger partial charge in [0.05, 0.1) is 11.4 Å². The van der Waals surface area contributed by atoms with Crippen LogP contribution in [0.15, 0.2) is 42.5 Å². The molecule has 0 fully saturated rings. The Balaban J connectivity index is 2.17. The van der Waals surface area contributed by atoms with E-state index in [-0.39, 0.29) is 5.41 Å². The van der Waals surface area contributed by atoms with E-state index in [4.69, 9.17) is 11.5 Å². The largest absolute Gasteiger partial charge is 0.397 e. The fourth-order valence-electron chi connectivity index (χ4n) is 1.87. The molecule has 0 spiro atoms. The molecule has 3 heteroatoms. The van der Waals surface area contributed by atoms with E-state index >= 15 is 0 Å². The molecule has 2 aromatic carbocycles. The van der Waals surface area contributed by atoms with Crippen LogP contribution in [0.2, 0.25) is 0 Å². The van der Waals surface area contributed by atoms with Crippen molar-refractivity contribution in [2.45, 2.75) is 26.2 Å². The lowest BCUT2D eigenvalue weighted by Crippen LogP contribution is -2.10. The molecule has 0 aliphatic heterocycles. The van der Waals surface area contributed by atoms with Gasteiger partial charge < -0.3 is 16.8 Å². The SMILES string of the molecule is CC(C)(C)c1ccc(Nc2ccc(N)c(N)c2)cc1. The van der Waals surface area contributed by atoms with Crippen LogP contribution < -0.4 is 16.8 Å². The minimum Gasteiger partial charge on any atom is -0.397 e. The molecule has 3 nitrogen and oxygen atoms in total. The van der Waals surface area contributed by atoms with Crippen LogP contribution in [0.5, 0.6) is 0 Å². The van der Waals surface area contributed by atoms with Gasteiger partial charge in [-0.05, 0) is 41.3 Å². The van der Waals surface area contributed by atoms with E-state index in [1.54, 1.807) is 6.07 Å². The molecule has 2 aromatic rings. The van der Waals surface area contributed by atoms with E-state index in [2.05, 4.69) is 50.4 Å². The highest BCUT2D eigenvalue weighted by Gasteiger charge is 2.12. The minimum absolute atomic E-state index is 0.171. The second kappa shape index (κ2) is 4.84. The lowest BCUT2D eigenvalue weighted by atomic mass is 9.87. The molecule has 5 N–H and O–H groups in total. The predicted molar refractivity (Wildman–Crippen MR) is 83.7 cm³/mol. The summed E-state index contributed by atoms with van der Waals surface area (Å²) in [5, 5.41) is 3.32. The third-order valence-corrected chi connectivity index (χ3v) is 3.13. The summed E-state index contributed by atoms with van der Waals surface area (Å²) in [6.07, 6.45) is 0. The molecule has 0 unspecified atom stereocenters. The summed E-state index contributed by atoms with van der Waals surface area (Å²) in [6.45, 7) is 6.61. The van der Waals surface area contributed by atoms with Crippen molar-refractivity contribution < 1.29 is 0 Å². The zero-order valence-corrected chi connectivity index (χ0v) is 11.7. The summed E-state index contributed by atoms with van der Waals surface area (Å²) in [6, 6.07) is 14.0. The molecule has 0 amide bonds.